The fraction of sp³-hybridized carbons (Fsp3) is 1.00. The smallest absolute Gasteiger partial charge is 0.0630 e. The number of methoxy groups -OCH3 is 1. The van der Waals surface area contributed by atoms with Gasteiger partial charge in [-0.25, -0.2) is 0 Å². The molecule has 1 N–H and O–H groups in total. The van der Waals surface area contributed by atoms with E-state index in [9.17, 15) is 0 Å². The first-order valence-electron chi connectivity index (χ1n) is 7.09. The minimum Gasteiger partial charge on any atom is -0.383 e. The molecule has 1 fully saturated rings. The molecule has 0 aromatic carbocycles. The van der Waals surface area contributed by atoms with E-state index in [1.807, 2.05) is 7.11 Å². The Bertz CT molecular complexity index is 197. The van der Waals surface area contributed by atoms with Gasteiger partial charge in [0.25, 0.3) is 0 Å². The Labute approximate surface area is 107 Å². The van der Waals surface area contributed by atoms with Crippen molar-refractivity contribution in [2.24, 2.45) is 5.92 Å². The molecule has 0 aliphatic carbocycles. The molecule has 1 saturated heterocycles. The second kappa shape index (κ2) is 8.06. The van der Waals surface area contributed by atoms with Crippen molar-refractivity contribution in [2.45, 2.75) is 52.1 Å². The Balaban J connectivity index is 2.43. The van der Waals surface area contributed by atoms with Crippen LogP contribution in [0.25, 0.3) is 0 Å². The molecular weight excluding hydrogens is 212 g/mol. The Morgan fingerprint density at radius 3 is 2.71 bits per heavy atom. The minimum absolute atomic E-state index is 0.535. The molecule has 0 radical (unpaired) electrons. The molecule has 0 aromatic heterocycles. The van der Waals surface area contributed by atoms with Gasteiger partial charge in [-0.15, -0.1) is 0 Å². The summed E-state index contributed by atoms with van der Waals surface area (Å²) in [5.41, 5.74) is 0. The summed E-state index contributed by atoms with van der Waals surface area (Å²) in [6.45, 7) is 11.1. The van der Waals surface area contributed by atoms with Gasteiger partial charge in [-0.3, -0.25) is 4.90 Å². The van der Waals surface area contributed by atoms with E-state index in [2.05, 4.69) is 31.0 Å². The summed E-state index contributed by atoms with van der Waals surface area (Å²) in [5.74, 6) is 0.890. The number of ether oxygens (including phenoxy) is 1. The van der Waals surface area contributed by atoms with Crippen LogP contribution in [-0.2, 0) is 4.74 Å². The second-order valence-corrected chi connectivity index (χ2v) is 5.74. The third kappa shape index (κ3) is 5.84. The lowest BCUT2D eigenvalue weighted by molar-refractivity contribution is 0.0895. The summed E-state index contributed by atoms with van der Waals surface area (Å²) >= 11 is 0. The maximum Gasteiger partial charge on any atom is 0.0630 e. The van der Waals surface area contributed by atoms with Crippen molar-refractivity contribution < 1.29 is 4.74 Å². The van der Waals surface area contributed by atoms with Crippen LogP contribution in [0.2, 0.25) is 0 Å². The SMILES string of the molecule is COCC(CNC(C)C)N1CCCC(C)CC1. The highest BCUT2D eigenvalue weighted by atomic mass is 16.5. The molecule has 0 amide bonds. The standard InChI is InChI=1S/C14H30N2O/c1-12(2)15-10-14(11-17-4)16-8-5-6-13(3)7-9-16/h12-15H,5-11H2,1-4H3. The highest BCUT2D eigenvalue weighted by Crippen LogP contribution is 2.18. The molecule has 1 rings (SSSR count). The topological polar surface area (TPSA) is 24.5 Å². The molecule has 0 bridgehead atoms. The predicted octanol–water partition coefficient (Wildman–Crippen LogP) is 2.12. The monoisotopic (exact) mass is 242 g/mol. The zero-order valence-corrected chi connectivity index (χ0v) is 12.0. The van der Waals surface area contributed by atoms with Crippen LogP contribution in [0.15, 0.2) is 0 Å². The first kappa shape index (κ1) is 14.9. The summed E-state index contributed by atoms with van der Waals surface area (Å²) in [4.78, 5) is 2.61. The summed E-state index contributed by atoms with van der Waals surface area (Å²) in [6, 6.07) is 1.09. The molecule has 0 spiro atoms. The van der Waals surface area contributed by atoms with Crippen LogP contribution in [0.5, 0.6) is 0 Å². The van der Waals surface area contributed by atoms with Crippen molar-refractivity contribution in [3.05, 3.63) is 0 Å². The molecule has 0 aromatic rings. The number of nitrogens with zero attached hydrogens (tertiary/aromatic N) is 1. The fourth-order valence-electron chi connectivity index (χ4n) is 2.51. The summed E-state index contributed by atoms with van der Waals surface area (Å²) in [5, 5.41) is 3.54. The van der Waals surface area contributed by atoms with Gasteiger partial charge in [0.05, 0.1) is 6.61 Å². The van der Waals surface area contributed by atoms with Gasteiger partial charge in [0.2, 0.25) is 0 Å². The van der Waals surface area contributed by atoms with E-state index in [1.165, 1.54) is 32.4 Å². The lowest BCUT2D eigenvalue weighted by Gasteiger charge is -2.31. The summed E-state index contributed by atoms with van der Waals surface area (Å²) < 4.78 is 5.38. The first-order valence-corrected chi connectivity index (χ1v) is 7.09. The van der Waals surface area contributed by atoms with E-state index in [4.69, 9.17) is 4.74 Å². The molecule has 1 heterocycles. The number of rotatable bonds is 6. The first-order chi connectivity index (χ1) is 8.13. The van der Waals surface area contributed by atoms with Gasteiger partial charge in [0, 0.05) is 25.7 Å². The van der Waals surface area contributed by atoms with E-state index in [0.29, 0.717) is 12.1 Å². The largest absolute Gasteiger partial charge is 0.383 e. The van der Waals surface area contributed by atoms with Crippen LogP contribution in [0.4, 0.5) is 0 Å². The van der Waals surface area contributed by atoms with Crippen molar-refractivity contribution in [3.63, 3.8) is 0 Å². The van der Waals surface area contributed by atoms with Crippen LogP contribution < -0.4 is 5.32 Å². The number of nitrogens with one attached hydrogen (secondary N) is 1. The summed E-state index contributed by atoms with van der Waals surface area (Å²) in [6.07, 6.45) is 4.05. The van der Waals surface area contributed by atoms with Crippen molar-refractivity contribution >= 4 is 0 Å². The van der Waals surface area contributed by atoms with Crippen LogP contribution in [-0.4, -0.2) is 50.3 Å². The maximum absolute atomic E-state index is 5.38. The quantitative estimate of drug-likeness (QED) is 0.772. The normalized spacial score (nSPS) is 24.9. The molecule has 3 nitrogen and oxygen atoms in total. The number of likely N-dealkylation sites (tertiary alicyclic amines) is 1. The van der Waals surface area contributed by atoms with E-state index < -0.39 is 0 Å². The van der Waals surface area contributed by atoms with Gasteiger partial charge in [0.15, 0.2) is 0 Å². The zero-order chi connectivity index (χ0) is 12.7. The van der Waals surface area contributed by atoms with Crippen molar-refractivity contribution in [2.75, 3.05) is 33.4 Å². The average Bonchev–Trinajstić information content (AvgIpc) is 2.49. The molecule has 17 heavy (non-hydrogen) atoms. The minimum atomic E-state index is 0.535. The lowest BCUT2D eigenvalue weighted by Crippen LogP contribution is -2.47. The van der Waals surface area contributed by atoms with Gasteiger partial charge in [-0.2, -0.15) is 0 Å². The maximum atomic E-state index is 5.38. The highest BCUT2D eigenvalue weighted by Gasteiger charge is 2.21. The predicted molar refractivity (Wildman–Crippen MR) is 73.4 cm³/mol. The molecular formula is C14H30N2O. The molecule has 102 valence electrons. The average molecular weight is 242 g/mol. The van der Waals surface area contributed by atoms with Crippen LogP contribution in [0.1, 0.15) is 40.0 Å². The van der Waals surface area contributed by atoms with Gasteiger partial charge < -0.3 is 10.1 Å². The van der Waals surface area contributed by atoms with E-state index in [1.54, 1.807) is 0 Å². The second-order valence-electron chi connectivity index (χ2n) is 5.74. The molecule has 0 saturated carbocycles. The van der Waals surface area contributed by atoms with Gasteiger partial charge >= 0.3 is 0 Å². The van der Waals surface area contributed by atoms with Gasteiger partial charge in [0.1, 0.15) is 0 Å². The zero-order valence-electron chi connectivity index (χ0n) is 12.0. The summed E-state index contributed by atoms with van der Waals surface area (Å²) in [7, 11) is 1.81. The van der Waals surface area contributed by atoms with Crippen LogP contribution >= 0.6 is 0 Å². The van der Waals surface area contributed by atoms with Crippen LogP contribution in [0.3, 0.4) is 0 Å². The third-order valence-corrected chi connectivity index (χ3v) is 3.69. The Kier molecular flexibility index (Phi) is 7.09. The lowest BCUT2D eigenvalue weighted by atomic mass is 10.0. The van der Waals surface area contributed by atoms with E-state index >= 15 is 0 Å². The Hall–Kier alpha value is -0.120. The van der Waals surface area contributed by atoms with Gasteiger partial charge in [-0.1, -0.05) is 20.8 Å². The molecule has 2 atom stereocenters. The Morgan fingerprint density at radius 2 is 2.06 bits per heavy atom. The van der Waals surface area contributed by atoms with Crippen LogP contribution in [0, 0.1) is 5.92 Å². The number of hydrogen-bond acceptors (Lipinski definition) is 3. The fourth-order valence-corrected chi connectivity index (χ4v) is 2.51. The van der Waals surface area contributed by atoms with E-state index in [0.717, 1.165) is 19.1 Å². The molecule has 1 aliphatic rings. The number of hydrogen-bond donors (Lipinski definition) is 1. The van der Waals surface area contributed by atoms with Gasteiger partial charge in [-0.05, 0) is 38.3 Å². The third-order valence-electron chi connectivity index (χ3n) is 3.69. The molecule has 1 aliphatic heterocycles. The molecule has 2 unspecified atom stereocenters. The Morgan fingerprint density at radius 1 is 1.29 bits per heavy atom. The van der Waals surface area contributed by atoms with E-state index in [-0.39, 0.29) is 0 Å². The molecule has 3 heteroatoms. The van der Waals surface area contributed by atoms with Crippen molar-refractivity contribution in [1.29, 1.82) is 0 Å². The van der Waals surface area contributed by atoms with Crippen molar-refractivity contribution in [1.82, 2.24) is 10.2 Å². The highest BCUT2D eigenvalue weighted by molar-refractivity contribution is 4.78. The van der Waals surface area contributed by atoms with Crippen molar-refractivity contribution in [3.8, 4) is 0 Å².